The van der Waals surface area contributed by atoms with Crippen LogP contribution < -0.4 is 5.76 Å². The molecule has 0 aliphatic rings. The van der Waals surface area contributed by atoms with Gasteiger partial charge >= 0.3 is 5.76 Å². The van der Waals surface area contributed by atoms with Crippen molar-refractivity contribution in [2.45, 2.75) is 32.6 Å². The molecule has 118 valence electrons. The monoisotopic (exact) mass is 310 g/mol. The van der Waals surface area contributed by atoms with Gasteiger partial charge in [-0.1, -0.05) is 50.2 Å². The van der Waals surface area contributed by atoms with Gasteiger partial charge < -0.3 is 0 Å². The fourth-order valence-electron chi connectivity index (χ4n) is 2.34. The zero-order valence-corrected chi connectivity index (χ0v) is 13.3. The van der Waals surface area contributed by atoms with Crippen molar-refractivity contribution >= 4 is 0 Å². The minimum Gasteiger partial charge on any atom is -0.296 e. The van der Waals surface area contributed by atoms with E-state index >= 15 is 0 Å². The molecule has 6 nitrogen and oxygen atoms in total. The van der Waals surface area contributed by atoms with Gasteiger partial charge in [-0.05, 0) is 16.5 Å². The molecule has 0 spiro atoms. The third-order valence-corrected chi connectivity index (χ3v) is 3.63. The van der Waals surface area contributed by atoms with Gasteiger partial charge in [-0.25, -0.2) is 9.78 Å². The van der Waals surface area contributed by atoms with E-state index < -0.39 is 5.76 Å². The van der Waals surface area contributed by atoms with E-state index in [9.17, 15) is 4.79 Å². The lowest BCUT2D eigenvalue weighted by Gasteiger charge is -2.19. The highest BCUT2D eigenvalue weighted by atomic mass is 16.5. The van der Waals surface area contributed by atoms with Crippen LogP contribution in [0.3, 0.4) is 0 Å². The molecule has 0 aliphatic heterocycles. The Labute approximate surface area is 133 Å². The summed E-state index contributed by atoms with van der Waals surface area (Å²) < 4.78 is 4.55. The average molecular weight is 310 g/mol. The third kappa shape index (κ3) is 3.36. The summed E-state index contributed by atoms with van der Waals surface area (Å²) in [5.74, 6) is -0.310. The molecule has 0 atom stereocenters. The number of aromatic nitrogens is 4. The number of H-pyrrole nitrogens is 1. The van der Waals surface area contributed by atoms with Crippen LogP contribution in [0, 0.1) is 0 Å². The number of aromatic amines is 1. The lowest BCUT2D eigenvalue weighted by Crippen LogP contribution is -2.10. The standard InChI is InChI=1S/C17H18N4O2/c1-17(2,3)12-6-4-11(5-7-12)10-13-14(19-9-8-18-13)15-20-16(22)23-21-15/h4-9H,10H2,1-3H3,(H,20,21,22). The average Bonchev–Trinajstić information content (AvgIpc) is 2.94. The highest BCUT2D eigenvalue weighted by molar-refractivity contribution is 5.52. The maximum atomic E-state index is 11.1. The van der Waals surface area contributed by atoms with E-state index in [0.717, 1.165) is 11.3 Å². The van der Waals surface area contributed by atoms with Crippen LogP contribution in [0.15, 0.2) is 46.0 Å². The van der Waals surface area contributed by atoms with Crippen LogP contribution in [0.1, 0.15) is 37.6 Å². The van der Waals surface area contributed by atoms with Gasteiger partial charge in [-0.15, -0.1) is 0 Å². The molecule has 2 heterocycles. The molecule has 0 unspecified atom stereocenters. The van der Waals surface area contributed by atoms with Gasteiger partial charge in [0.05, 0.1) is 5.69 Å². The minimum atomic E-state index is -0.605. The van der Waals surface area contributed by atoms with E-state index in [-0.39, 0.29) is 5.41 Å². The van der Waals surface area contributed by atoms with Crippen LogP contribution >= 0.6 is 0 Å². The Morgan fingerprint density at radius 2 is 1.78 bits per heavy atom. The molecular weight excluding hydrogens is 292 g/mol. The van der Waals surface area contributed by atoms with Gasteiger partial charge in [0.1, 0.15) is 5.69 Å². The van der Waals surface area contributed by atoms with Crippen molar-refractivity contribution in [2.24, 2.45) is 0 Å². The highest BCUT2D eigenvalue weighted by Crippen LogP contribution is 2.23. The first kappa shape index (κ1) is 15.1. The summed E-state index contributed by atoms with van der Waals surface area (Å²) >= 11 is 0. The normalized spacial score (nSPS) is 11.6. The highest BCUT2D eigenvalue weighted by Gasteiger charge is 2.15. The summed E-state index contributed by atoms with van der Waals surface area (Å²) in [5.41, 5.74) is 3.78. The predicted octanol–water partition coefficient (Wildman–Crippen LogP) is 2.71. The molecule has 3 rings (SSSR count). The van der Waals surface area contributed by atoms with Crippen molar-refractivity contribution in [3.8, 4) is 11.5 Å². The van der Waals surface area contributed by atoms with Crippen molar-refractivity contribution in [1.29, 1.82) is 0 Å². The molecule has 6 heteroatoms. The maximum Gasteiger partial charge on any atom is 0.439 e. The molecule has 0 saturated heterocycles. The molecule has 2 aromatic heterocycles. The largest absolute Gasteiger partial charge is 0.439 e. The zero-order valence-electron chi connectivity index (χ0n) is 13.3. The van der Waals surface area contributed by atoms with Gasteiger partial charge in [-0.2, -0.15) is 0 Å². The fourth-order valence-corrected chi connectivity index (χ4v) is 2.34. The molecule has 3 aromatic rings. The number of nitrogens with zero attached hydrogens (tertiary/aromatic N) is 3. The van der Waals surface area contributed by atoms with Gasteiger partial charge in [0, 0.05) is 18.8 Å². The second-order valence-electron chi connectivity index (χ2n) is 6.42. The number of hydrogen-bond acceptors (Lipinski definition) is 5. The zero-order chi connectivity index (χ0) is 16.4. The molecule has 0 amide bonds. The van der Waals surface area contributed by atoms with Crippen molar-refractivity contribution < 1.29 is 4.52 Å². The predicted molar refractivity (Wildman–Crippen MR) is 86.1 cm³/mol. The first-order valence-electron chi connectivity index (χ1n) is 7.39. The van der Waals surface area contributed by atoms with E-state index in [4.69, 9.17) is 0 Å². The van der Waals surface area contributed by atoms with Crippen LogP contribution in [-0.2, 0) is 11.8 Å². The number of hydrogen-bond donors (Lipinski definition) is 1. The summed E-state index contributed by atoms with van der Waals surface area (Å²) in [6.07, 6.45) is 3.79. The van der Waals surface area contributed by atoms with Crippen molar-refractivity contribution in [3.63, 3.8) is 0 Å². The Balaban J connectivity index is 1.90. The SMILES string of the molecule is CC(C)(C)c1ccc(Cc2nccnc2-c2noc(=O)[nH]2)cc1. The van der Waals surface area contributed by atoms with Crippen molar-refractivity contribution in [2.75, 3.05) is 0 Å². The van der Waals surface area contributed by atoms with Gasteiger partial charge in [0.15, 0.2) is 0 Å². The van der Waals surface area contributed by atoms with Crippen molar-refractivity contribution in [3.05, 3.63) is 64.0 Å². The molecular formula is C17H18N4O2. The van der Waals surface area contributed by atoms with Crippen LogP contribution in [0.25, 0.3) is 11.5 Å². The van der Waals surface area contributed by atoms with Gasteiger partial charge in [0.25, 0.3) is 0 Å². The Bertz CT molecular complexity index is 857. The number of rotatable bonds is 3. The van der Waals surface area contributed by atoms with Crippen LogP contribution in [0.2, 0.25) is 0 Å². The molecule has 0 fully saturated rings. The van der Waals surface area contributed by atoms with Gasteiger partial charge in [-0.3, -0.25) is 14.5 Å². The quantitative estimate of drug-likeness (QED) is 0.804. The summed E-state index contributed by atoms with van der Waals surface area (Å²) in [6, 6.07) is 8.43. The Morgan fingerprint density at radius 3 is 2.39 bits per heavy atom. The Hall–Kier alpha value is -2.76. The van der Waals surface area contributed by atoms with Crippen molar-refractivity contribution in [1.82, 2.24) is 20.1 Å². The summed E-state index contributed by atoms with van der Waals surface area (Å²) in [5, 5.41) is 3.69. The number of benzene rings is 1. The van der Waals surface area contributed by atoms with E-state index in [2.05, 4.69) is 69.7 Å². The molecule has 0 radical (unpaired) electrons. The molecule has 1 aromatic carbocycles. The lowest BCUT2D eigenvalue weighted by atomic mass is 9.86. The molecule has 0 saturated carbocycles. The Morgan fingerprint density at radius 1 is 1.09 bits per heavy atom. The topological polar surface area (TPSA) is 84.7 Å². The second kappa shape index (κ2) is 5.79. The fraction of sp³-hybridized carbons (Fsp3) is 0.294. The minimum absolute atomic E-state index is 0.121. The Kier molecular flexibility index (Phi) is 3.82. The second-order valence-corrected chi connectivity index (χ2v) is 6.42. The van der Waals surface area contributed by atoms with E-state index in [1.807, 2.05) is 0 Å². The first-order valence-corrected chi connectivity index (χ1v) is 7.39. The third-order valence-electron chi connectivity index (χ3n) is 3.63. The van der Waals surface area contributed by atoms with E-state index in [0.29, 0.717) is 17.9 Å². The summed E-state index contributed by atoms with van der Waals surface area (Å²) in [6.45, 7) is 6.55. The molecule has 23 heavy (non-hydrogen) atoms. The molecule has 0 bridgehead atoms. The van der Waals surface area contributed by atoms with Crippen LogP contribution in [0.5, 0.6) is 0 Å². The van der Waals surface area contributed by atoms with E-state index in [1.54, 1.807) is 12.4 Å². The van der Waals surface area contributed by atoms with Gasteiger partial charge in [0.2, 0.25) is 5.82 Å². The van der Waals surface area contributed by atoms with E-state index in [1.165, 1.54) is 5.56 Å². The smallest absolute Gasteiger partial charge is 0.296 e. The molecule has 0 aliphatic carbocycles. The first-order chi connectivity index (χ1) is 10.9. The summed E-state index contributed by atoms with van der Waals surface area (Å²) in [4.78, 5) is 22.3. The number of nitrogens with one attached hydrogen (secondary N) is 1. The van der Waals surface area contributed by atoms with Crippen LogP contribution in [0.4, 0.5) is 0 Å². The maximum absolute atomic E-state index is 11.1. The lowest BCUT2D eigenvalue weighted by molar-refractivity contribution is 0.387. The van der Waals surface area contributed by atoms with Crippen LogP contribution in [-0.4, -0.2) is 20.1 Å². The summed E-state index contributed by atoms with van der Waals surface area (Å²) in [7, 11) is 0. The molecule has 1 N–H and O–H groups in total.